The van der Waals surface area contributed by atoms with E-state index in [9.17, 15) is 52.7 Å². The molecule has 2 fully saturated rings. The van der Waals surface area contributed by atoms with Gasteiger partial charge in [-0.15, -0.1) is 0 Å². The molecule has 0 aromatic rings. The maximum atomic E-state index is 13.5. The van der Waals surface area contributed by atoms with Crippen LogP contribution in [0.1, 0.15) is 65.2 Å². The quantitative estimate of drug-likeness (QED) is 0.0199. The van der Waals surface area contributed by atoms with Crippen LogP contribution in [0.25, 0.3) is 0 Å². The van der Waals surface area contributed by atoms with Crippen LogP contribution in [0.3, 0.4) is 0 Å². The van der Waals surface area contributed by atoms with Crippen LogP contribution in [0.4, 0.5) is 9.59 Å². The van der Waals surface area contributed by atoms with Gasteiger partial charge in [0, 0.05) is 44.9 Å². The second-order valence-corrected chi connectivity index (χ2v) is 17.0. The van der Waals surface area contributed by atoms with Gasteiger partial charge in [-0.2, -0.15) is 0 Å². The van der Waals surface area contributed by atoms with Crippen molar-refractivity contribution < 1.29 is 67.0 Å². The zero-order valence-electron chi connectivity index (χ0n) is 36.9. The third-order valence-corrected chi connectivity index (χ3v) is 11.9. The van der Waals surface area contributed by atoms with Gasteiger partial charge in [0.05, 0.1) is 0 Å². The number of ether oxygens (including phenoxy) is 3. The fourth-order valence-electron chi connectivity index (χ4n) is 6.08. The van der Waals surface area contributed by atoms with Crippen LogP contribution in [0.15, 0.2) is 9.33 Å². The summed E-state index contributed by atoms with van der Waals surface area (Å²) in [5.74, 6) is -5.25. The third kappa shape index (κ3) is 22.9. The van der Waals surface area contributed by atoms with E-state index in [4.69, 9.17) is 14.2 Å². The molecule has 30 heteroatoms. The van der Waals surface area contributed by atoms with Crippen molar-refractivity contribution in [2.75, 3.05) is 72.2 Å². The van der Waals surface area contributed by atoms with Crippen molar-refractivity contribution >= 4 is 120 Å². The van der Waals surface area contributed by atoms with Crippen LogP contribution in [0.5, 0.6) is 0 Å². The molecule has 0 aliphatic carbocycles. The van der Waals surface area contributed by atoms with Gasteiger partial charge in [-0.1, -0.05) is 0 Å². The van der Waals surface area contributed by atoms with Gasteiger partial charge < -0.3 is 24.8 Å². The molecule has 2 rings (SSSR count). The van der Waals surface area contributed by atoms with Crippen molar-refractivity contribution in [3.05, 3.63) is 0 Å². The van der Waals surface area contributed by atoms with Crippen LogP contribution in [-0.2, 0) is 57.4 Å². The van der Waals surface area contributed by atoms with Gasteiger partial charge in [0.2, 0.25) is 0 Å². The topological polar surface area (TPSA) is 319 Å². The summed E-state index contributed by atoms with van der Waals surface area (Å²) in [6.45, 7) is 3.15. The number of carbonyl (C=O) groups is 11. The second-order valence-electron chi connectivity index (χ2n) is 14.3. The van der Waals surface area contributed by atoms with Crippen molar-refractivity contribution in [3.63, 3.8) is 0 Å². The molecule has 0 aromatic heterocycles. The first kappa shape index (κ1) is 57.7. The third-order valence-electron chi connectivity index (χ3n) is 9.32. The van der Waals surface area contributed by atoms with Crippen molar-refractivity contribution in [3.8, 4) is 0 Å². The van der Waals surface area contributed by atoms with E-state index in [0.717, 1.165) is 33.0 Å². The number of imide groups is 2. The Bertz CT molecular complexity index is 1680. The van der Waals surface area contributed by atoms with Crippen LogP contribution in [0.2, 0.25) is 0 Å². The van der Waals surface area contributed by atoms with E-state index >= 15 is 0 Å². The summed E-state index contributed by atoms with van der Waals surface area (Å²) >= 11 is 2.21. The Morgan fingerprint density at radius 2 is 1.06 bits per heavy atom. The Labute approximate surface area is 396 Å². The van der Waals surface area contributed by atoms with Gasteiger partial charge in [0.1, 0.15) is 25.1 Å². The average molecular weight is 1000 g/mol. The standard InChI is InChI=1S/C36H58B2N10O14P2S2/c1-3-39-35(58)61-20-23(21-62-36(59)40-4-2)60-15-5-6-24(49)22(16-29(52)43-11-9-41-27(50)7-13-47-31(54)18-25(33(47)56)65-37-45-63)17-30(53)44-12-10-42-28(51)8-14-48-32(55)19-26(34(48)57)66-38-46-64/h22-23,25-26H,3-21,63-64H2,1-2H3,(H,39,58)(H,40,59)(H,41,50)(H,42,51)(H,43,52)(H,44,53). The molecular formula is C36H58B2N10O14P2S2. The van der Waals surface area contributed by atoms with E-state index in [1.165, 1.54) is 12.7 Å². The molecule has 6 N–H and O–H groups in total. The number of Topliss-reactive ketones (excluding diaryl/α,β-unsaturated/α-hetero) is 1. The molecule has 2 heterocycles. The molecule has 0 saturated carbocycles. The number of nitrogens with zero attached hydrogens (tertiary/aromatic N) is 4. The van der Waals surface area contributed by atoms with Gasteiger partial charge in [0.25, 0.3) is 0 Å². The van der Waals surface area contributed by atoms with Crippen molar-refractivity contribution in [1.82, 2.24) is 41.7 Å². The van der Waals surface area contributed by atoms with E-state index in [-0.39, 0.29) is 97.6 Å². The van der Waals surface area contributed by atoms with Gasteiger partial charge in [-0.05, 0) is 20.3 Å². The minimum atomic E-state index is -1.09. The summed E-state index contributed by atoms with van der Waals surface area (Å²) < 4.78 is 23.4. The Morgan fingerprint density at radius 1 is 0.652 bits per heavy atom. The summed E-state index contributed by atoms with van der Waals surface area (Å²) in [7, 11) is 4.26. The second kappa shape index (κ2) is 33.2. The zero-order valence-corrected chi connectivity index (χ0v) is 40.8. The zero-order chi connectivity index (χ0) is 48.9. The first-order chi connectivity index (χ1) is 31.6. The molecule has 0 spiro atoms. The Kier molecular flexibility index (Phi) is 29.0. The minimum absolute atomic E-state index is 0.00209. The number of likely N-dealkylation sites (tertiary alicyclic amines) is 2. The SMILES string of the molecule is CCNC(=O)OCC(COC(=O)NCC)OCCCC(=O)C(CC(=O)NCCNC(=O)CCN1C(=O)CC(S/B=N/P)C1=O)CC(=O)NCCNC(=O)CCN1C(=O)CC(S/B=N/P)C1=O. The van der Waals surface area contributed by atoms with Crippen molar-refractivity contribution in [1.29, 1.82) is 0 Å². The predicted molar refractivity (Wildman–Crippen MR) is 249 cm³/mol. The number of amides is 10. The van der Waals surface area contributed by atoms with Crippen LogP contribution in [-0.4, -0.2) is 177 Å². The predicted octanol–water partition coefficient (Wildman–Crippen LogP) is -1.24. The summed E-state index contributed by atoms with van der Waals surface area (Å²) in [6.07, 6.45) is -0.498. The molecule has 4 unspecified atom stereocenters. The Hall–Kier alpha value is -4.38. The molecule has 364 valence electrons. The summed E-state index contributed by atoms with van der Waals surface area (Å²) in [6, 6.07) is 0. The molecule has 2 aliphatic heterocycles. The average Bonchev–Trinajstić information content (AvgIpc) is 3.71. The number of nitrogens with one attached hydrogen (secondary N) is 6. The Morgan fingerprint density at radius 3 is 1.45 bits per heavy atom. The first-order valence-electron chi connectivity index (χ1n) is 21.1. The van der Waals surface area contributed by atoms with Crippen LogP contribution < -0.4 is 31.9 Å². The monoisotopic (exact) mass is 1000 g/mol. The van der Waals surface area contributed by atoms with E-state index in [2.05, 4.69) is 60.0 Å². The van der Waals surface area contributed by atoms with Crippen molar-refractivity contribution in [2.24, 2.45) is 15.2 Å². The van der Waals surface area contributed by atoms with Gasteiger partial charge in [-0.25, -0.2) is 9.59 Å². The summed E-state index contributed by atoms with van der Waals surface area (Å²) in [5, 5.41) is 14.1. The number of ketones is 1. The van der Waals surface area contributed by atoms with Gasteiger partial charge >= 0.3 is 259 Å². The number of rotatable bonds is 32. The summed E-state index contributed by atoms with van der Waals surface area (Å²) in [5.41, 5.74) is 0. The maximum absolute atomic E-state index is 13.5. The van der Waals surface area contributed by atoms with Gasteiger partial charge in [0.15, 0.2) is 0 Å². The van der Waals surface area contributed by atoms with E-state index in [0.29, 0.717) is 13.1 Å². The molecule has 66 heavy (non-hydrogen) atoms. The number of carbonyl (C=O) groups excluding carboxylic acids is 11. The molecule has 4 atom stereocenters. The van der Waals surface area contributed by atoms with Crippen LogP contribution >= 0.6 is 42.0 Å². The molecule has 0 radical (unpaired) electrons. The molecule has 0 aromatic carbocycles. The summed E-state index contributed by atoms with van der Waals surface area (Å²) in [4.78, 5) is 140. The van der Waals surface area contributed by atoms with E-state index in [1.54, 1.807) is 13.8 Å². The molecule has 2 aliphatic rings. The Balaban J connectivity index is 1.91. The fourth-order valence-corrected chi connectivity index (χ4v) is 7.90. The first-order valence-corrected chi connectivity index (χ1v) is 24.0. The molecule has 10 amide bonds. The molecule has 24 nitrogen and oxygen atoms in total. The van der Waals surface area contributed by atoms with E-state index < -0.39 is 101 Å². The van der Waals surface area contributed by atoms with Gasteiger partial charge in [-0.3, -0.25) is 14.4 Å². The number of hydrogen-bond donors (Lipinski definition) is 6. The fraction of sp³-hybridized carbons (Fsp3) is 0.694. The van der Waals surface area contributed by atoms with Crippen molar-refractivity contribution in [2.45, 2.75) is 81.8 Å². The molecule has 2 saturated heterocycles. The molecular weight excluding hydrogens is 944 g/mol. The normalized spacial score (nSPS) is 16.3. The number of hydrogen-bond acceptors (Lipinski definition) is 18. The van der Waals surface area contributed by atoms with E-state index in [1.807, 2.05) is 0 Å². The molecule has 0 bridgehead atoms. The number of alkyl carbamates (subject to hydrolysis) is 2. The van der Waals surface area contributed by atoms with Crippen LogP contribution in [0, 0.1) is 5.92 Å².